The van der Waals surface area contributed by atoms with Crippen molar-refractivity contribution < 1.29 is 41.9 Å². The minimum atomic E-state index is -4.62. The maximum Gasteiger partial charge on any atom is 0.416 e. The Kier molecular flexibility index (Phi) is 8.40. The van der Waals surface area contributed by atoms with E-state index in [1.807, 2.05) is 0 Å². The lowest BCUT2D eigenvalue weighted by Gasteiger charge is -2.27. The first-order valence-electron chi connectivity index (χ1n) is 12.6. The topological polar surface area (TPSA) is 144 Å². The Morgan fingerprint density at radius 1 is 1.07 bits per heavy atom. The molecular formula is C27H27F3N4O6. The number of aromatic nitrogens is 2. The van der Waals surface area contributed by atoms with E-state index in [-0.39, 0.29) is 28.4 Å². The van der Waals surface area contributed by atoms with E-state index in [9.17, 15) is 32.7 Å². The maximum absolute atomic E-state index is 13.4. The monoisotopic (exact) mass is 560 g/mol. The quantitative estimate of drug-likeness (QED) is 0.310. The van der Waals surface area contributed by atoms with E-state index >= 15 is 0 Å². The molecule has 4 rings (SSSR count). The molecule has 0 spiro atoms. The van der Waals surface area contributed by atoms with Crippen LogP contribution in [0.1, 0.15) is 55.5 Å². The lowest BCUT2D eigenvalue weighted by Crippen LogP contribution is -2.36. The first-order chi connectivity index (χ1) is 19.0. The summed E-state index contributed by atoms with van der Waals surface area (Å²) in [5.74, 6) is -2.71. The molecule has 1 aliphatic carbocycles. The van der Waals surface area contributed by atoms with Crippen molar-refractivity contribution in [3.63, 3.8) is 0 Å². The number of aryl methyl sites for hydroxylation is 1. The molecule has 1 unspecified atom stereocenters. The number of aliphatic carboxylic acids is 1. The van der Waals surface area contributed by atoms with Crippen LogP contribution in [0.3, 0.4) is 0 Å². The number of hydrogen-bond donors (Lipinski definition) is 3. The molecule has 3 aromatic rings. The van der Waals surface area contributed by atoms with Crippen molar-refractivity contribution in [1.82, 2.24) is 10.1 Å². The number of benzene rings is 1. The molecule has 1 fully saturated rings. The van der Waals surface area contributed by atoms with Crippen LogP contribution in [-0.2, 0) is 20.5 Å². The number of halogens is 3. The van der Waals surface area contributed by atoms with Crippen LogP contribution in [0.2, 0.25) is 0 Å². The Morgan fingerprint density at radius 2 is 1.77 bits per heavy atom. The lowest BCUT2D eigenvalue weighted by molar-refractivity contribution is -0.147. The third kappa shape index (κ3) is 6.41. The number of ether oxygens (including phenoxy) is 1. The van der Waals surface area contributed by atoms with Crippen molar-refractivity contribution in [2.24, 2.45) is 11.8 Å². The molecule has 1 aliphatic rings. The molecule has 0 radical (unpaired) electrons. The number of alkyl halides is 3. The van der Waals surface area contributed by atoms with Gasteiger partial charge in [0.25, 0.3) is 0 Å². The molecule has 3 atom stereocenters. The molecule has 2 amide bonds. The standard InChI is InChI=1S/C27H27F3N4O6/c1-14-22(33-26(38)39-15(2)17-7-5-6-10-20(17)27(28,29)30)23(40-34-14)21-12-11-16(13-31-21)32-24(35)18-8-3-4-9-19(18)25(36)37/h5-7,10-13,15,18-19H,3-4,8-9H2,1-2H3,(H,32,35)(H,33,38)(H,36,37)/t15?,18-,19-/m0/s1. The van der Waals surface area contributed by atoms with Crippen LogP contribution in [0.5, 0.6) is 0 Å². The predicted molar refractivity (Wildman–Crippen MR) is 136 cm³/mol. The van der Waals surface area contributed by atoms with Crippen molar-refractivity contribution in [1.29, 1.82) is 0 Å². The van der Waals surface area contributed by atoms with Gasteiger partial charge in [-0.15, -0.1) is 0 Å². The Morgan fingerprint density at radius 3 is 2.42 bits per heavy atom. The Labute approximate surface area is 226 Å². The predicted octanol–water partition coefficient (Wildman–Crippen LogP) is 6.20. The minimum absolute atomic E-state index is 0.0638. The minimum Gasteiger partial charge on any atom is -0.481 e. The van der Waals surface area contributed by atoms with Crippen LogP contribution in [0.25, 0.3) is 11.5 Å². The highest BCUT2D eigenvalue weighted by atomic mass is 19.4. The number of rotatable bonds is 7. The smallest absolute Gasteiger partial charge is 0.416 e. The van der Waals surface area contributed by atoms with E-state index < -0.39 is 47.6 Å². The fourth-order valence-corrected chi connectivity index (χ4v) is 4.73. The van der Waals surface area contributed by atoms with Crippen molar-refractivity contribution in [2.75, 3.05) is 10.6 Å². The highest BCUT2D eigenvalue weighted by Crippen LogP contribution is 2.36. The first kappa shape index (κ1) is 28.6. The summed E-state index contributed by atoms with van der Waals surface area (Å²) < 4.78 is 50.6. The van der Waals surface area contributed by atoms with Crippen molar-refractivity contribution in [2.45, 2.75) is 51.8 Å². The van der Waals surface area contributed by atoms with Gasteiger partial charge >= 0.3 is 18.2 Å². The van der Waals surface area contributed by atoms with Crippen molar-refractivity contribution in [3.8, 4) is 11.5 Å². The van der Waals surface area contributed by atoms with Gasteiger partial charge in [0.05, 0.1) is 29.3 Å². The van der Waals surface area contributed by atoms with E-state index in [2.05, 4.69) is 20.8 Å². The molecule has 1 aromatic carbocycles. The molecule has 0 aliphatic heterocycles. The summed E-state index contributed by atoms with van der Waals surface area (Å²) >= 11 is 0. The summed E-state index contributed by atoms with van der Waals surface area (Å²) in [5, 5.41) is 18.4. The van der Waals surface area contributed by atoms with E-state index in [0.29, 0.717) is 18.5 Å². The summed E-state index contributed by atoms with van der Waals surface area (Å²) in [4.78, 5) is 41.1. The fraction of sp³-hybridized carbons (Fsp3) is 0.370. The third-order valence-electron chi connectivity index (χ3n) is 6.76. The van der Waals surface area contributed by atoms with Gasteiger partial charge < -0.3 is 19.7 Å². The summed E-state index contributed by atoms with van der Waals surface area (Å²) in [6, 6.07) is 7.85. The number of amides is 2. The van der Waals surface area contributed by atoms with Gasteiger partial charge in [-0.2, -0.15) is 13.2 Å². The molecule has 0 bridgehead atoms. The second-order valence-electron chi connectivity index (χ2n) is 9.49. The van der Waals surface area contributed by atoms with Gasteiger partial charge in [0.15, 0.2) is 0 Å². The molecule has 2 heterocycles. The highest BCUT2D eigenvalue weighted by molar-refractivity contribution is 5.95. The maximum atomic E-state index is 13.4. The molecular weight excluding hydrogens is 533 g/mol. The van der Waals surface area contributed by atoms with E-state index in [1.54, 1.807) is 6.92 Å². The van der Waals surface area contributed by atoms with E-state index in [1.165, 1.54) is 43.5 Å². The zero-order chi connectivity index (χ0) is 29.0. The van der Waals surface area contributed by atoms with Gasteiger partial charge in [0.2, 0.25) is 11.7 Å². The van der Waals surface area contributed by atoms with Crippen LogP contribution in [0.15, 0.2) is 47.1 Å². The first-order valence-corrected chi connectivity index (χ1v) is 12.6. The van der Waals surface area contributed by atoms with Gasteiger partial charge in [0, 0.05) is 5.56 Å². The number of carbonyl (C=O) groups is 3. The number of nitrogens with zero attached hydrogens (tertiary/aromatic N) is 2. The number of anilines is 2. The average molecular weight is 561 g/mol. The normalized spacial score (nSPS) is 18.0. The summed E-state index contributed by atoms with van der Waals surface area (Å²) in [5.41, 5.74) is -0.148. The average Bonchev–Trinajstić information content (AvgIpc) is 3.28. The molecule has 0 saturated heterocycles. The third-order valence-corrected chi connectivity index (χ3v) is 6.76. The SMILES string of the molecule is Cc1noc(-c2ccc(NC(=O)[C@H]3CCCC[C@@H]3C(=O)O)cn2)c1NC(=O)OC(C)c1ccccc1C(F)(F)F. The number of hydrogen-bond acceptors (Lipinski definition) is 7. The summed E-state index contributed by atoms with van der Waals surface area (Å²) in [6.07, 6.45) is -3.05. The molecule has 40 heavy (non-hydrogen) atoms. The Balaban J connectivity index is 1.44. The number of carboxylic acids is 1. The van der Waals surface area contributed by atoms with Crippen LogP contribution >= 0.6 is 0 Å². The Bertz CT molecular complexity index is 1390. The van der Waals surface area contributed by atoms with Crippen LogP contribution in [0.4, 0.5) is 29.3 Å². The molecule has 2 aromatic heterocycles. The zero-order valence-corrected chi connectivity index (χ0v) is 21.6. The largest absolute Gasteiger partial charge is 0.481 e. The second-order valence-corrected chi connectivity index (χ2v) is 9.49. The van der Waals surface area contributed by atoms with Crippen molar-refractivity contribution >= 4 is 29.3 Å². The van der Waals surface area contributed by atoms with Gasteiger partial charge in [0.1, 0.15) is 23.2 Å². The van der Waals surface area contributed by atoms with Crippen LogP contribution in [-0.4, -0.2) is 33.2 Å². The number of carboxylic acid groups (broad SMARTS) is 1. The number of carbonyl (C=O) groups excluding carboxylic acids is 2. The van der Waals surface area contributed by atoms with Crippen LogP contribution < -0.4 is 10.6 Å². The molecule has 10 nitrogen and oxygen atoms in total. The summed E-state index contributed by atoms with van der Waals surface area (Å²) in [6.45, 7) is 2.87. The molecule has 1 saturated carbocycles. The van der Waals surface area contributed by atoms with E-state index in [0.717, 1.165) is 18.9 Å². The van der Waals surface area contributed by atoms with Crippen molar-refractivity contribution in [3.05, 3.63) is 59.4 Å². The van der Waals surface area contributed by atoms with Gasteiger partial charge in [-0.1, -0.05) is 36.2 Å². The molecule has 212 valence electrons. The second kappa shape index (κ2) is 11.8. The van der Waals surface area contributed by atoms with E-state index in [4.69, 9.17) is 9.26 Å². The summed E-state index contributed by atoms with van der Waals surface area (Å²) in [7, 11) is 0. The number of nitrogens with one attached hydrogen (secondary N) is 2. The Hall–Kier alpha value is -4.42. The van der Waals surface area contributed by atoms with Gasteiger partial charge in [-0.05, 0) is 44.9 Å². The lowest BCUT2D eigenvalue weighted by atomic mass is 9.78. The molecule has 13 heteroatoms. The zero-order valence-electron chi connectivity index (χ0n) is 21.6. The van der Waals surface area contributed by atoms with Crippen LogP contribution in [0, 0.1) is 18.8 Å². The van der Waals surface area contributed by atoms with Gasteiger partial charge in [-0.25, -0.2) is 4.79 Å². The fourth-order valence-electron chi connectivity index (χ4n) is 4.73. The molecule has 3 N–H and O–H groups in total. The van der Waals surface area contributed by atoms with Gasteiger partial charge in [-0.3, -0.25) is 19.9 Å². The number of pyridine rings is 1. The highest BCUT2D eigenvalue weighted by Gasteiger charge is 2.36.